The average molecular weight is 713 g/mol. The molecule has 0 unspecified atom stereocenters. The highest BCUT2D eigenvalue weighted by Crippen LogP contribution is 2.44. The van der Waals surface area contributed by atoms with Crippen LogP contribution in [0.4, 0.5) is 4.79 Å². The molecule has 1 aliphatic rings. The molecule has 0 saturated heterocycles. The molecule has 1 amide bonds. The molecule has 0 fully saturated rings. The molecule has 12 heteroatoms. The lowest BCUT2D eigenvalue weighted by Crippen LogP contribution is -2.42. The molecule has 0 bridgehead atoms. The fourth-order valence-corrected chi connectivity index (χ4v) is 6.48. The minimum absolute atomic E-state index is 0.0196. The van der Waals surface area contributed by atoms with E-state index >= 15 is 0 Å². The summed E-state index contributed by atoms with van der Waals surface area (Å²) in [5.41, 5.74) is 5.10. The van der Waals surface area contributed by atoms with Crippen LogP contribution in [0.1, 0.15) is 50.0 Å². The number of fused-ring (bicyclic) bond motifs is 3. The normalized spacial score (nSPS) is 12.4. The minimum Gasteiger partial charge on any atom is -0.491 e. The molecular weight excluding hydrogens is 673 g/mol. The van der Waals surface area contributed by atoms with E-state index in [1.807, 2.05) is 42.5 Å². The van der Waals surface area contributed by atoms with Crippen molar-refractivity contribution < 1.29 is 43.2 Å². The number of benzene rings is 3. The number of carbonyl (C=O) groups is 3. The first kappa shape index (κ1) is 37.2. The first-order chi connectivity index (χ1) is 24.9. The molecule has 0 spiro atoms. The SMILES string of the molecule is N#Cc1ccc(C(=O)CCCOCCOCCOCCOc2ccc(C[C@H](NC(=O)OCC3c4ccccc4-c4ccccc43)C(=O)O)cc2)s1. The maximum atomic E-state index is 12.7. The van der Waals surface area contributed by atoms with Crippen molar-refractivity contribution in [3.05, 3.63) is 111 Å². The first-order valence-electron chi connectivity index (χ1n) is 16.8. The van der Waals surface area contributed by atoms with E-state index < -0.39 is 18.1 Å². The molecule has 1 atom stereocenters. The number of carboxylic acids is 1. The third-order valence-electron chi connectivity index (χ3n) is 8.22. The lowest BCUT2D eigenvalue weighted by atomic mass is 9.98. The molecule has 1 aromatic heterocycles. The largest absolute Gasteiger partial charge is 0.491 e. The number of ketones is 1. The van der Waals surface area contributed by atoms with Crippen LogP contribution in [-0.4, -0.2) is 81.8 Å². The highest BCUT2D eigenvalue weighted by atomic mass is 32.1. The van der Waals surface area contributed by atoms with Gasteiger partial charge in [0.25, 0.3) is 0 Å². The number of nitrogens with zero attached hydrogens (tertiary/aromatic N) is 1. The average Bonchev–Trinajstić information content (AvgIpc) is 3.76. The second-order valence-electron chi connectivity index (χ2n) is 11.7. The highest BCUT2D eigenvalue weighted by molar-refractivity contribution is 7.14. The summed E-state index contributed by atoms with van der Waals surface area (Å²) in [6.45, 7) is 2.88. The molecule has 4 aromatic rings. The molecule has 1 heterocycles. The van der Waals surface area contributed by atoms with Crippen LogP contribution in [-0.2, 0) is 30.2 Å². The summed E-state index contributed by atoms with van der Waals surface area (Å²) in [7, 11) is 0. The quantitative estimate of drug-likeness (QED) is 0.0749. The van der Waals surface area contributed by atoms with E-state index in [-0.39, 0.29) is 24.7 Å². The van der Waals surface area contributed by atoms with Gasteiger partial charge in [0, 0.05) is 25.4 Å². The lowest BCUT2D eigenvalue weighted by molar-refractivity contribution is -0.139. The number of aliphatic carboxylic acids is 1. The zero-order chi connectivity index (χ0) is 35.8. The number of hydrogen-bond donors (Lipinski definition) is 2. The van der Waals surface area contributed by atoms with E-state index in [0.29, 0.717) is 80.2 Å². The van der Waals surface area contributed by atoms with Gasteiger partial charge < -0.3 is 34.1 Å². The van der Waals surface area contributed by atoms with Crippen LogP contribution in [0.15, 0.2) is 84.9 Å². The molecule has 0 radical (unpaired) electrons. The van der Waals surface area contributed by atoms with Gasteiger partial charge in [0.15, 0.2) is 5.78 Å². The Labute approximate surface area is 300 Å². The molecule has 266 valence electrons. The van der Waals surface area contributed by atoms with Crippen LogP contribution in [0.5, 0.6) is 5.75 Å². The van der Waals surface area contributed by atoms with Crippen molar-refractivity contribution in [3.8, 4) is 22.9 Å². The maximum Gasteiger partial charge on any atom is 0.407 e. The van der Waals surface area contributed by atoms with Crippen LogP contribution in [0, 0.1) is 11.3 Å². The summed E-state index contributed by atoms with van der Waals surface area (Å²) in [5, 5.41) is 21.1. The fourth-order valence-electron chi connectivity index (χ4n) is 5.71. The predicted molar refractivity (Wildman–Crippen MR) is 190 cm³/mol. The minimum atomic E-state index is -1.16. The van der Waals surface area contributed by atoms with Gasteiger partial charge in [-0.3, -0.25) is 4.79 Å². The van der Waals surface area contributed by atoms with Crippen molar-refractivity contribution in [3.63, 3.8) is 0 Å². The molecule has 51 heavy (non-hydrogen) atoms. The Morgan fingerprint density at radius 1 is 0.784 bits per heavy atom. The van der Waals surface area contributed by atoms with Crippen LogP contribution in [0.3, 0.4) is 0 Å². The molecule has 11 nitrogen and oxygen atoms in total. The summed E-state index contributed by atoms with van der Waals surface area (Å²) < 4.78 is 27.8. The van der Waals surface area contributed by atoms with Gasteiger partial charge >= 0.3 is 12.1 Å². The Morgan fingerprint density at radius 2 is 1.39 bits per heavy atom. The van der Waals surface area contributed by atoms with Gasteiger partial charge in [-0.15, -0.1) is 11.3 Å². The maximum absolute atomic E-state index is 12.7. The van der Waals surface area contributed by atoms with Gasteiger partial charge in [-0.25, -0.2) is 9.59 Å². The van der Waals surface area contributed by atoms with E-state index in [1.165, 1.54) is 11.3 Å². The number of nitriles is 1. The Morgan fingerprint density at radius 3 is 2.00 bits per heavy atom. The number of alkyl carbamates (subject to hydrolysis) is 1. The van der Waals surface area contributed by atoms with Gasteiger partial charge in [0.2, 0.25) is 0 Å². The molecule has 2 N–H and O–H groups in total. The van der Waals surface area contributed by atoms with E-state index in [2.05, 4.69) is 17.4 Å². The monoisotopic (exact) mass is 712 g/mol. The fraction of sp³-hybridized carbons (Fsp3) is 0.333. The Bertz CT molecular complexity index is 1760. The predicted octanol–water partition coefficient (Wildman–Crippen LogP) is 6.25. The number of thiophene rings is 1. The Hall–Kier alpha value is -5.06. The smallest absolute Gasteiger partial charge is 0.407 e. The van der Waals surface area contributed by atoms with Crippen molar-refractivity contribution in [1.82, 2.24) is 5.32 Å². The summed E-state index contributed by atoms with van der Waals surface area (Å²) in [4.78, 5) is 37.9. The zero-order valence-corrected chi connectivity index (χ0v) is 28.9. The number of hydrogen-bond acceptors (Lipinski definition) is 10. The lowest BCUT2D eigenvalue weighted by Gasteiger charge is -2.17. The number of carbonyl (C=O) groups excluding carboxylic acids is 2. The van der Waals surface area contributed by atoms with Crippen molar-refractivity contribution >= 4 is 29.2 Å². The summed E-state index contributed by atoms with van der Waals surface area (Å²) in [5.74, 6) is -0.654. The van der Waals surface area contributed by atoms with Gasteiger partial charge in [0.05, 0.1) is 37.9 Å². The van der Waals surface area contributed by atoms with E-state index in [9.17, 15) is 19.5 Å². The first-order valence-corrected chi connectivity index (χ1v) is 17.6. The topological polar surface area (TPSA) is 153 Å². The van der Waals surface area contributed by atoms with Gasteiger partial charge in [-0.2, -0.15) is 5.26 Å². The van der Waals surface area contributed by atoms with Crippen molar-refractivity contribution in [2.45, 2.75) is 31.2 Å². The molecule has 3 aromatic carbocycles. The number of Topliss-reactive ketones (excluding diaryl/α,β-unsaturated/α-hetero) is 1. The third kappa shape index (κ3) is 11.0. The van der Waals surface area contributed by atoms with Gasteiger partial charge in [-0.1, -0.05) is 60.7 Å². The van der Waals surface area contributed by atoms with Crippen LogP contribution >= 0.6 is 11.3 Å². The molecule has 0 saturated carbocycles. The number of amides is 1. The number of nitrogens with one attached hydrogen (secondary N) is 1. The highest BCUT2D eigenvalue weighted by Gasteiger charge is 2.30. The van der Waals surface area contributed by atoms with Crippen LogP contribution in [0.25, 0.3) is 11.1 Å². The second kappa shape index (κ2) is 19.4. The van der Waals surface area contributed by atoms with E-state index in [4.69, 9.17) is 28.9 Å². The van der Waals surface area contributed by atoms with Gasteiger partial charge in [-0.05, 0) is 58.5 Å². The molecule has 5 rings (SSSR count). The zero-order valence-electron chi connectivity index (χ0n) is 28.1. The summed E-state index contributed by atoms with van der Waals surface area (Å²) in [6, 6.07) is 27.2. The standard InChI is InChI=1S/C39H40N2O9S/c40-25-29-15-16-37(51-29)36(42)10-5-17-46-18-19-47-20-21-48-22-23-49-28-13-11-27(12-14-28)24-35(38(43)44)41-39(45)50-26-34-32-8-3-1-6-30(32)31-7-2-4-9-33(31)34/h1-4,6-9,11-16,34-35H,5,10,17-24,26H2,(H,41,45)(H,43,44)/t35-/m0/s1. The molecule has 1 aliphatic carbocycles. The van der Waals surface area contributed by atoms with Crippen molar-refractivity contribution in [2.75, 3.05) is 52.9 Å². The second-order valence-corrected chi connectivity index (χ2v) is 12.8. The van der Waals surface area contributed by atoms with E-state index in [1.54, 1.807) is 36.4 Å². The van der Waals surface area contributed by atoms with E-state index in [0.717, 1.165) is 22.3 Å². The Kier molecular flexibility index (Phi) is 14.1. The van der Waals surface area contributed by atoms with Gasteiger partial charge in [0.1, 0.15) is 36.0 Å². The van der Waals surface area contributed by atoms with Crippen LogP contribution in [0.2, 0.25) is 0 Å². The number of ether oxygens (including phenoxy) is 5. The summed E-state index contributed by atoms with van der Waals surface area (Å²) >= 11 is 1.21. The summed E-state index contributed by atoms with van der Waals surface area (Å²) in [6.07, 6.45) is 0.277. The number of carboxylic acid groups (broad SMARTS) is 1. The van der Waals surface area contributed by atoms with Crippen molar-refractivity contribution in [2.24, 2.45) is 0 Å². The van der Waals surface area contributed by atoms with Crippen molar-refractivity contribution in [1.29, 1.82) is 5.26 Å². The Balaban J connectivity index is 0.906. The van der Waals surface area contributed by atoms with Crippen LogP contribution < -0.4 is 10.1 Å². The molecular formula is C39H40N2O9S. The molecule has 0 aliphatic heterocycles. The third-order valence-corrected chi connectivity index (χ3v) is 9.25. The number of rotatable bonds is 21.